The highest BCUT2D eigenvalue weighted by Crippen LogP contribution is 2.14. The Labute approximate surface area is 108 Å². The maximum atomic E-state index is 12.0. The van der Waals surface area contributed by atoms with Gasteiger partial charge in [-0.15, -0.1) is 0 Å². The molecule has 3 heteroatoms. The molecule has 0 aromatic carbocycles. The zero-order chi connectivity index (χ0) is 12.5. The van der Waals surface area contributed by atoms with E-state index in [0.29, 0.717) is 11.1 Å². The number of allylic oxidation sites excluding steroid dienone is 1. The van der Waals surface area contributed by atoms with Crippen molar-refractivity contribution in [1.82, 2.24) is 0 Å². The van der Waals surface area contributed by atoms with Crippen molar-refractivity contribution in [3.63, 3.8) is 0 Å². The van der Waals surface area contributed by atoms with Gasteiger partial charge in [-0.1, -0.05) is 32.8 Å². The van der Waals surface area contributed by atoms with E-state index in [1.807, 2.05) is 0 Å². The predicted molar refractivity (Wildman–Crippen MR) is 75.0 cm³/mol. The van der Waals surface area contributed by atoms with Crippen molar-refractivity contribution in [2.24, 2.45) is 0 Å². The molecule has 1 unspecified atom stereocenters. The second-order valence-electron chi connectivity index (χ2n) is 5.03. The summed E-state index contributed by atoms with van der Waals surface area (Å²) < 4.78 is 5.64. The maximum absolute atomic E-state index is 12.0. The van der Waals surface area contributed by atoms with Gasteiger partial charge in [-0.05, 0) is 37.7 Å². The van der Waals surface area contributed by atoms with E-state index in [1.165, 1.54) is 25.7 Å². The summed E-state index contributed by atoms with van der Waals surface area (Å²) >= 11 is 0. The van der Waals surface area contributed by atoms with Crippen LogP contribution in [0.25, 0.3) is 0 Å². The number of carbonyl (C=O) groups excluding carboxylic acids is 1. The Morgan fingerprint density at radius 3 is 2.82 bits per heavy atom. The van der Waals surface area contributed by atoms with Crippen LogP contribution in [0.4, 0.5) is 0 Å². The first-order valence-electron chi connectivity index (χ1n) is 7.06. The zero-order valence-electron chi connectivity index (χ0n) is 11.2. The van der Waals surface area contributed by atoms with Gasteiger partial charge in [0.2, 0.25) is 0 Å². The fourth-order valence-corrected chi connectivity index (χ4v) is 3.88. The molecule has 0 bridgehead atoms. The van der Waals surface area contributed by atoms with E-state index < -0.39 is 9.52 Å². The first kappa shape index (κ1) is 14.6. The highest BCUT2D eigenvalue weighted by molar-refractivity contribution is 6.78. The fraction of sp³-hybridized carbons (Fsp3) is 0.786. The van der Waals surface area contributed by atoms with E-state index in [9.17, 15) is 4.79 Å². The van der Waals surface area contributed by atoms with Gasteiger partial charge in [0.15, 0.2) is 0 Å². The molecule has 0 N–H and O–H groups in total. The minimum absolute atomic E-state index is 0.295. The summed E-state index contributed by atoms with van der Waals surface area (Å²) in [6.07, 6.45) is 9.25. The van der Waals surface area contributed by atoms with E-state index in [1.54, 1.807) is 0 Å². The molecule has 1 saturated heterocycles. The second-order valence-corrected chi connectivity index (χ2v) is 6.99. The molecule has 0 aromatic heterocycles. The van der Waals surface area contributed by atoms with Gasteiger partial charge in [0.05, 0.1) is 5.73 Å². The molecule has 2 nitrogen and oxygen atoms in total. The standard InChI is InChI=1S/C14H26O2Si/c1-3-4-5-6-9-12(2)14(15)17-13-10-7-8-11-16-13/h13H,2-11,17H2,1H3. The van der Waals surface area contributed by atoms with E-state index in [4.69, 9.17) is 4.74 Å². The largest absolute Gasteiger partial charge is 0.382 e. The molecule has 1 fully saturated rings. The van der Waals surface area contributed by atoms with Gasteiger partial charge in [-0.25, -0.2) is 0 Å². The van der Waals surface area contributed by atoms with Crippen LogP contribution in [0.1, 0.15) is 58.3 Å². The third-order valence-electron chi connectivity index (χ3n) is 3.41. The number of ether oxygens (including phenoxy) is 1. The number of unbranched alkanes of at least 4 members (excludes halogenated alkanes) is 3. The lowest BCUT2D eigenvalue weighted by molar-refractivity contribution is -0.109. The summed E-state index contributed by atoms with van der Waals surface area (Å²) in [5.74, 6) is 0. The zero-order valence-corrected chi connectivity index (χ0v) is 12.6. The third kappa shape index (κ3) is 6.17. The number of hydrogen-bond donors (Lipinski definition) is 0. The highest BCUT2D eigenvalue weighted by Gasteiger charge is 2.19. The normalized spacial score (nSPS) is 20.9. The molecule has 1 aliphatic rings. The van der Waals surface area contributed by atoms with Crippen molar-refractivity contribution < 1.29 is 9.53 Å². The van der Waals surface area contributed by atoms with Crippen LogP contribution in [0.2, 0.25) is 0 Å². The molecule has 17 heavy (non-hydrogen) atoms. The monoisotopic (exact) mass is 254 g/mol. The van der Waals surface area contributed by atoms with Crippen LogP contribution < -0.4 is 0 Å². The summed E-state index contributed by atoms with van der Waals surface area (Å²) in [5.41, 5.74) is 1.16. The minimum atomic E-state index is -0.758. The van der Waals surface area contributed by atoms with Gasteiger partial charge >= 0.3 is 0 Å². The molecule has 0 spiro atoms. The Hall–Kier alpha value is -0.413. The van der Waals surface area contributed by atoms with Gasteiger partial charge < -0.3 is 9.53 Å². The van der Waals surface area contributed by atoms with Crippen molar-refractivity contribution in [3.8, 4) is 0 Å². The molecule has 0 saturated carbocycles. The van der Waals surface area contributed by atoms with Crippen molar-refractivity contribution >= 4 is 14.9 Å². The average Bonchev–Trinajstić information content (AvgIpc) is 2.35. The van der Waals surface area contributed by atoms with Crippen molar-refractivity contribution in [1.29, 1.82) is 0 Å². The molecular weight excluding hydrogens is 228 g/mol. The molecule has 1 atom stereocenters. The first-order valence-corrected chi connectivity index (χ1v) is 8.59. The van der Waals surface area contributed by atoms with Crippen molar-refractivity contribution in [2.45, 2.75) is 64.0 Å². The summed E-state index contributed by atoms with van der Waals surface area (Å²) in [6.45, 7) is 7.00. The molecule has 1 rings (SSSR count). The van der Waals surface area contributed by atoms with Crippen LogP contribution in [0, 0.1) is 0 Å². The summed E-state index contributed by atoms with van der Waals surface area (Å²) in [5, 5.41) is 0.355. The predicted octanol–water partition coefficient (Wildman–Crippen LogP) is 2.74. The van der Waals surface area contributed by atoms with E-state index in [0.717, 1.165) is 37.9 Å². The smallest absolute Gasteiger partial charge is 0.140 e. The van der Waals surface area contributed by atoms with Crippen molar-refractivity contribution in [2.75, 3.05) is 6.61 Å². The van der Waals surface area contributed by atoms with Gasteiger partial charge in [0, 0.05) is 6.61 Å². The lowest BCUT2D eigenvalue weighted by atomic mass is 10.1. The molecule has 0 aliphatic carbocycles. The van der Waals surface area contributed by atoms with Gasteiger partial charge in [0.25, 0.3) is 0 Å². The van der Waals surface area contributed by atoms with Gasteiger partial charge in [0.1, 0.15) is 14.9 Å². The average molecular weight is 254 g/mol. The van der Waals surface area contributed by atoms with Crippen LogP contribution in [0.5, 0.6) is 0 Å². The Kier molecular flexibility index (Phi) is 7.45. The summed E-state index contributed by atoms with van der Waals surface area (Å²) in [7, 11) is -0.758. The van der Waals surface area contributed by atoms with Crippen LogP contribution in [0.3, 0.4) is 0 Å². The van der Waals surface area contributed by atoms with Gasteiger partial charge in [-0.3, -0.25) is 0 Å². The lowest BCUT2D eigenvalue weighted by Gasteiger charge is -2.21. The van der Waals surface area contributed by atoms with Crippen LogP contribution >= 0.6 is 0 Å². The Morgan fingerprint density at radius 1 is 1.35 bits per heavy atom. The second kappa shape index (κ2) is 8.64. The Morgan fingerprint density at radius 2 is 2.18 bits per heavy atom. The molecule has 0 amide bonds. The number of hydrogen-bond acceptors (Lipinski definition) is 2. The Bertz CT molecular complexity index is 245. The molecule has 98 valence electrons. The minimum Gasteiger partial charge on any atom is -0.382 e. The van der Waals surface area contributed by atoms with E-state index >= 15 is 0 Å². The first-order chi connectivity index (χ1) is 8.24. The summed E-state index contributed by atoms with van der Waals surface area (Å²) in [6, 6.07) is 0. The molecular formula is C14H26O2Si. The highest BCUT2D eigenvalue weighted by atomic mass is 28.2. The van der Waals surface area contributed by atoms with Crippen LogP contribution in [0.15, 0.2) is 12.2 Å². The molecule has 0 aromatic rings. The van der Waals surface area contributed by atoms with E-state index in [-0.39, 0.29) is 0 Å². The third-order valence-corrected chi connectivity index (χ3v) is 5.38. The fourth-order valence-electron chi connectivity index (χ4n) is 2.22. The quantitative estimate of drug-likeness (QED) is 0.378. The van der Waals surface area contributed by atoms with Crippen LogP contribution in [-0.2, 0) is 9.53 Å². The van der Waals surface area contributed by atoms with Gasteiger partial charge in [-0.2, -0.15) is 0 Å². The SMILES string of the molecule is C=C(CCCCCC)C(=O)[SiH2]C1CCCCO1. The maximum Gasteiger partial charge on any atom is 0.140 e. The van der Waals surface area contributed by atoms with Crippen LogP contribution in [-0.4, -0.2) is 27.3 Å². The number of carbonyl (C=O) groups is 1. The lowest BCUT2D eigenvalue weighted by Crippen LogP contribution is -2.31. The van der Waals surface area contributed by atoms with Crippen molar-refractivity contribution in [3.05, 3.63) is 12.2 Å². The molecule has 1 aliphatic heterocycles. The van der Waals surface area contributed by atoms with E-state index in [2.05, 4.69) is 13.5 Å². The molecule has 0 radical (unpaired) electrons. The Balaban J connectivity index is 2.15. The molecule has 1 heterocycles. The number of rotatable bonds is 8. The summed E-state index contributed by atoms with van der Waals surface area (Å²) in [4.78, 5) is 12.0. The topological polar surface area (TPSA) is 26.3 Å².